The first-order chi connectivity index (χ1) is 18.3. The minimum Gasteiger partial charge on any atom is -0.481 e. The fraction of sp³-hybridized carbons (Fsp3) is 0.433. The van der Waals surface area contributed by atoms with Gasteiger partial charge in [-0.3, -0.25) is 0 Å². The number of methoxy groups -OCH3 is 2. The highest BCUT2D eigenvalue weighted by Crippen LogP contribution is 2.69. The van der Waals surface area contributed by atoms with Crippen LogP contribution < -0.4 is 14.2 Å². The molecule has 8 heteroatoms. The van der Waals surface area contributed by atoms with E-state index >= 15 is 0 Å². The Morgan fingerprint density at radius 1 is 1.00 bits per heavy atom. The molecule has 0 amide bonds. The summed E-state index contributed by atoms with van der Waals surface area (Å²) < 4.78 is 23.4. The molecule has 3 heterocycles. The molecular formula is C30H34N2O6. The lowest BCUT2D eigenvalue weighted by Crippen LogP contribution is -2.52. The van der Waals surface area contributed by atoms with Gasteiger partial charge in [-0.2, -0.15) is 4.98 Å². The van der Waals surface area contributed by atoms with Gasteiger partial charge in [0, 0.05) is 30.4 Å². The van der Waals surface area contributed by atoms with Crippen LogP contribution in [-0.2, 0) is 15.9 Å². The first kappa shape index (κ1) is 25.1. The van der Waals surface area contributed by atoms with Gasteiger partial charge < -0.3 is 34.1 Å². The van der Waals surface area contributed by atoms with Gasteiger partial charge >= 0.3 is 0 Å². The van der Waals surface area contributed by atoms with Crippen molar-refractivity contribution in [3.63, 3.8) is 0 Å². The lowest BCUT2D eigenvalue weighted by molar-refractivity contribution is -0.152. The zero-order valence-corrected chi connectivity index (χ0v) is 22.1. The van der Waals surface area contributed by atoms with E-state index in [2.05, 4.69) is 17.1 Å². The lowest BCUT2D eigenvalue weighted by Gasteiger charge is -2.41. The smallest absolute Gasteiger partial charge is 0.226 e. The van der Waals surface area contributed by atoms with E-state index in [4.69, 9.17) is 18.9 Å². The van der Waals surface area contributed by atoms with Gasteiger partial charge in [-0.1, -0.05) is 54.6 Å². The first-order valence-electron chi connectivity index (χ1n) is 13.0. The second-order valence-corrected chi connectivity index (χ2v) is 10.8. The summed E-state index contributed by atoms with van der Waals surface area (Å²) in [5, 5.41) is 25.0. The monoisotopic (exact) mass is 518 g/mol. The number of rotatable bonds is 7. The zero-order chi connectivity index (χ0) is 26.7. The van der Waals surface area contributed by atoms with E-state index in [1.807, 2.05) is 61.5 Å². The van der Waals surface area contributed by atoms with Crippen LogP contribution >= 0.6 is 0 Å². The maximum Gasteiger partial charge on any atom is 0.226 e. The number of ether oxygens (including phenoxy) is 4. The van der Waals surface area contributed by atoms with Crippen molar-refractivity contribution in [2.75, 3.05) is 48.1 Å². The summed E-state index contributed by atoms with van der Waals surface area (Å²) in [5.74, 6) is 0.454. The molecule has 1 saturated heterocycles. The highest BCUT2D eigenvalue weighted by Gasteiger charge is 2.77. The summed E-state index contributed by atoms with van der Waals surface area (Å²) in [7, 11) is 6.95. The van der Waals surface area contributed by atoms with Crippen LogP contribution in [0.5, 0.6) is 17.5 Å². The van der Waals surface area contributed by atoms with Crippen molar-refractivity contribution in [1.82, 2.24) is 9.88 Å². The van der Waals surface area contributed by atoms with Crippen LogP contribution in [0.1, 0.15) is 34.1 Å². The third-order valence-corrected chi connectivity index (χ3v) is 8.43. The van der Waals surface area contributed by atoms with Crippen LogP contribution in [0.15, 0.2) is 60.7 Å². The molecule has 2 N–H and O–H groups in total. The minimum atomic E-state index is -1.85. The number of aliphatic hydroxyl groups excluding tert-OH is 1. The summed E-state index contributed by atoms with van der Waals surface area (Å²) in [4.78, 5) is 6.50. The average Bonchev–Trinajstić information content (AvgIpc) is 3.26. The standard InChI is InChI=1S/C30H34N2O6/c1-32(2)15-22-25(19-8-6-5-7-9-19)30(21-12-10-18(11-13-21)20-16-37-17-20)29(34,27(22)33)26-23(38-30)14-24(35-3)31-28(26)36-4/h5-14,20,22,25,27,33-34H,15-17H2,1-4H3/t22-,25-,27-,29+,30+/m1/s1. The molecule has 1 aliphatic carbocycles. The van der Waals surface area contributed by atoms with Crippen molar-refractivity contribution in [1.29, 1.82) is 0 Å². The molecule has 2 fully saturated rings. The fourth-order valence-corrected chi connectivity index (χ4v) is 6.72. The summed E-state index contributed by atoms with van der Waals surface area (Å²) in [6, 6.07) is 19.8. The Balaban J connectivity index is 1.63. The van der Waals surface area contributed by atoms with Crippen LogP contribution in [0.4, 0.5) is 0 Å². The van der Waals surface area contributed by atoms with Gasteiger partial charge in [-0.05, 0) is 30.8 Å². The molecule has 6 rings (SSSR count). The lowest BCUT2D eigenvalue weighted by atomic mass is 9.70. The Kier molecular flexibility index (Phi) is 6.11. The predicted octanol–water partition coefficient (Wildman–Crippen LogP) is 3.02. The molecule has 200 valence electrons. The molecule has 38 heavy (non-hydrogen) atoms. The molecule has 0 bridgehead atoms. The number of pyridine rings is 1. The van der Waals surface area contributed by atoms with E-state index in [0.717, 1.165) is 11.1 Å². The van der Waals surface area contributed by atoms with Gasteiger partial charge in [0.05, 0.1) is 39.1 Å². The average molecular weight is 519 g/mol. The zero-order valence-electron chi connectivity index (χ0n) is 22.1. The van der Waals surface area contributed by atoms with Gasteiger partial charge in [0.1, 0.15) is 5.75 Å². The highest BCUT2D eigenvalue weighted by molar-refractivity contribution is 5.60. The first-order valence-corrected chi connectivity index (χ1v) is 13.0. The number of hydrogen-bond donors (Lipinski definition) is 2. The SMILES string of the molecule is COc1cc2c(c(OC)n1)[C@]1(O)[C@H](O)[C@H](CN(C)C)[C@@H](c3ccccc3)[C@]1(c1ccc(C3COC3)cc1)O2. The molecule has 0 spiro atoms. The van der Waals surface area contributed by atoms with Gasteiger partial charge in [0.15, 0.2) is 11.2 Å². The molecule has 5 atom stereocenters. The van der Waals surface area contributed by atoms with Crippen LogP contribution in [0.3, 0.4) is 0 Å². The van der Waals surface area contributed by atoms with Gasteiger partial charge in [-0.25, -0.2) is 0 Å². The summed E-state index contributed by atoms with van der Waals surface area (Å²) >= 11 is 0. The second-order valence-electron chi connectivity index (χ2n) is 10.8. The minimum absolute atomic E-state index is 0.170. The third kappa shape index (κ3) is 3.41. The molecule has 0 unspecified atom stereocenters. The van der Waals surface area contributed by atoms with Crippen molar-refractivity contribution in [3.05, 3.63) is 82.9 Å². The Labute approximate surface area is 222 Å². The Hall–Kier alpha value is -3.17. The second kappa shape index (κ2) is 9.24. The number of fused-ring (bicyclic) bond motifs is 3. The molecule has 0 radical (unpaired) electrons. The maximum absolute atomic E-state index is 12.9. The normalized spacial score (nSPS) is 29.9. The molecule has 1 saturated carbocycles. The van der Waals surface area contributed by atoms with E-state index in [1.165, 1.54) is 19.8 Å². The molecule has 2 aliphatic heterocycles. The largest absolute Gasteiger partial charge is 0.481 e. The van der Waals surface area contributed by atoms with Gasteiger partial charge in [0.2, 0.25) is 11.8 Å². The topological polar surface area (TPSA) is 93.5 Å². The van der Waals surface area contributed by atoms with Crippen LogP contribution in [-0.4, -0.2) is 74.3 Å². The van der Waals surface area contributed by atoms with Gasteiger partial charge in [0.25, 0.3) is 0 Å². The summed E-state index contributed by atoms with van der Waals surface area (Å²) in [5.41, 5.74) is 0.0537. The van der Waals surface area contributed by atoms with E-state index in [0.29, 0.717) is 42.9 Å². The number of nitrogens with zero attached hydrogens (tertiary/aromatic N) is 2. The number of benzene rings is 2. The number of hydrogen-bond acceptors (Lipinski definition) is 8. The van der Waals surface area contributed by atoms with E-state index in [1.54, 1.807) is 6.07 Å². The van der Waals surface area contributed by atoms with E-state index in [9.17, 15) is 10.2 Å². The van der Waals surface area contributed by atoms with E-state index < -0.39 is 23.2 Å². The predicted molar refractivity (Wildman–Crippen MR) is 141 cm³/mol. The quantitative estimate of drug-likeness (QED) is 0.493. The molecule has 3 aliphatic rings. The van der Waals surface area contributed by atoms with Crippen molar-refractivity contribution in [2.45, 2.75) is 29.1 Å². The third-order valence-electron chi connectivity index (χ3n) is 8.43. The van der Waals surface area contributed by atoms with Crippen molar-refractivity contribution >= 4 is 0 Å². The highest BCUT2D eigenvalue weighted by atomic mass is 16.5. The van der Waals surface area contributed by atoms with Crippen LogP contribution in [0.2, 0.25) is 0 Å². The number of aromatic nitrogens is 1. The molecule has 8 nitrogen and oxygen atoms in total. The van der Waals surface area contributed by atoms with Crippen molar-refractivity contribution < 1.29 is 29.2 Å². The van der Waals surface area contributed by atoms with Gasteiger partial charge in [-0.15, -0.1) is 0 Å². The maximum atomic E-state index is 12.9. The Morgan fingerprint density at radius 2 is 1.71 bits per heavy atom. The fourth-order valence-electron chi connectivity index (χ4n) is 6.72. The number of aliphatic hydroxyl groups is 2. The molecule has 3 aromatic rings. The Bertz CT molecular complexity index is 1310. The molecule has 1 aromatic heterocycles. The Morgan fingerprint density at radius 3 is 2.29 bits per heavy atom. The van der Waals surface area contributed by atoms with Crippen molar-refractivity contribution in [2.24, 2.45) is 5.92 Å². The van der Waals surface area contributed by atoms with E-state index in [-0.39, 0.29) is 11.8 Å². The van der Waals surface area contributed by atoms with Crippen LogP contribution in [0, 0.1) is 5.92 Å². The van der Waals surface area contributed by atoms with Crippen LogP contribution in [0.25, 0.3) is 0 Å². The molecular weight excluding hydrogens is 484 g/mol. The molecule has 2 aromatic carbocycles. The van der Waals surface area contributed by atoms with Crippen molar-refractivity contribution in [3.8, 4) is 17.5 Å². The summed E-state index contributed by atoms with van der Waals surface area (Å²) in [6.07, 6.45) is -1.18. The summed E-state index contributed by atoms with van der Waals surface area (Å²) in [6.45, 7) is 1.94.